The fourth-order valence-corrected chi connectivity index (χ4v) is 1.84. The molecular formula is C10H17N3. The van der Waals surface area contributed by atoms with Crippen molar-refractivity contribution in [3.8, 4) is 0 Å². The fraction of sp³-hybridized carbons (Fsp3) is 0.700. The van der Waals surface area contributed by atoms with Crippen molar-refractivity contribution in [3.63, 3.8) is 0 Å². The molecule has 0 bridgehead atoms. The maximum atomic E-state index is 4.34. The van der Waals surface area contributed by atoms with E-state index in [9.17, 15) is 0 Å². The number of rotatable bonds is 1. The van der Waals surface area contributed by atoms with Crippen LogP contribution in [-0.4, -0.2) is 22.4 Å². The third-order valence-electron chi connectivity index (χ3n) is 2.74. The predicted octanol–water partition coefficient (Wildman–Crippen LogP) is 1.50. The van der Waals surface area contributed by atoms with Gasteiger partial charge in [-0.15, -0.1) is 0 Å². The summed E-state index contributed by atoms with van der Waals surface area (Å²) in [5.74, 6) is 0. The summed E-state index contributed by atoms with van der Waals surface area (Å²) in [5, 5.41) is 7.82. The fourth-order valence-electron chi connectivity index (χ4n) is 1.84. The first-order valence-electron chi connectivity index (χ1n) is 5.00. The molecule has 1 saturated heterocycles. The van der Waals surface area contributed by atoms with Gasteiger partial charge < -0.3 is 5.32 Å². The molecule has 1 N–H and O–H groups in total. The van der Waals surface area contributed by atoms with E-state index in [1.807, 2.05) is 6.20 Å². The highest BCUT2D eigenvalue weighted by Gasteiger charge is 2.18. The number of nitrogens with zero attached hydrogens (tertiary/aromatic N) is 2. The Kier molecular flexibility index (Phi) is 2.36. The van der Waals surface area contributed by atoms with Gasteiger partial charge in [0, 0.05) is 18.8 Å². The Hall–Kier alpha value is -0.830. The van der Waals surface area contributed by atoms with Crippen LogP contribution in [0.2, 0.25) is 0 Å². The lowest BCUT2D eigenvalue weighted by Crippen LogP contribution is -2.38. The molecule has 0 radical (unpaired) electrons. The van der Waals surface area contributed by atoms with Crippen LogP contribution < -0.4 is 5.32 Å². The monoisotopic (exact) mass is 179 g/mol. The Bertz CT molecular complexity index is 271. The Morgan fingerprint density at radius 3 is 2.92 bits per heavy atom. The summed E-state index contributed by atoms with van der Waals surface area (Å²) in [4.78, 5) is 0. The first-order valence-corrected chi connectivity index (χ1v) is 5.00. The van der Waals surface area contributed by atoms with Crippen molar-refractivity contribution in [1.29, 1.82) is 0 Å². The maximum Gasteiger partial charge on any atom is 0.0644 e. The molecule has 2 unspecified atom stereocenters. The van der Waals surface area contributed by atoms with Gasteiger partial charge in [0.25, 0.3) is 0 Å². The molecule has 0 saturated carbocycles. The molecule has 0 amide bonds. The van der Waals surface area contributed by atoms with Gasteiger partial charge in [-0.3, -0.25) is 4.68 Å². The lowest BCUT2D eigenvalue weighted by atomic mass is 10.0. The van der Waals surface area contributed by atoms with E-state index in [2.05, 4.69) is 35.1 Å². The summed E-state index contributed by atoms with van der Waals surface area (Å²) in [7, 11) is 0. The number of aromatic nitrogens is 2. The number of hydrogen-bond donors (Lipinski definition) is 1. The Balaban J connectivity index is 2.02. The largest absolute Gasteiger partial charge is 0.312 e. The van der Waals surface area contributed by atoms with Crippen LogP contribution in [-0.2, 0) is 0 Å². The summed E-state index contributed by atoms with van der Waals surface area (Å²) in [6, 6.07) is 1.23. The third kappa shape index (κ3) is 1.91. The number of hydrogen-bond acceptors (Lipinski definition) is 2. The van der Waals surface area contributed by atoms with Crippen LogP contribution in [0.15, 0.2) is 12.4 Å². The molecule has 1 aliphatic heterocycles. The van der Waals surface area contributed by atoms with E-state index < -0.39 is 0 Å². The molecule has 0 spiro atoms. The van der Waals surface area contributed by atoms with E-state index >= 15 is 0 Å². The van der Waals surface area contributed by atoms with Crippen LogP contribution in [0.3, 0.4) is 0 Å². The summed E-state index contributed by atoms with van der Waals surface area (Å²) in [6.07, 6.45) is 6.55. The average Bonchev–Trinajstić information content (AvgIpc) is 2.53. The lowest BCUT2D eigenvalue weighted by molar-refractivity contribution is 0.303. The van der Waals surface area contributed by atoms with Gasteiger partial charge in [0.1, 0.15) is 0 Å². The minimum atomic E-state index is 0.560. The third-order valence-corrected chi connectivity index (χ3v) is 2.74. The topological polar surface area (TPSA) is 29.9 Å². The second-order valence-electron chi connectivity index (χ2n) is 4.04. The lowest BCUT2D eigenvalue weighted by Gasteiger charge is -2.27. The molecule has 1 aliphatic rings. The minimum absolute atomic E-state index is 0.560. The van der Waals surface area contributed by atoms with Gasteiger partial charge in [-0.2, -0.15) is 5.10 Å². The van der Waals surface area contributed by atoms with Crippen LogP contribution in [0.1, 0.15) is 31.4 Å². The van der Waals surface area contributed by atoms with E-state index in [-0.39, 0.29) is 0 Å². The van der Waals surface area contributed by atoms with Gasteiger partial charge >= 0.3 is 0 Å². The molecular weight excluding hydrogens is 162 g/mol. The van der Waals surface area contributed by atoms with E-state index in [4.69, 9.17) is 0 Å². The van der Waals surface area contributed by atoms with Gasteiger partial charge in [0.05, 0.1) is 12.2 Å². The van der Waals surface area contributed by atoms with Crippen molar-refractivity contribution >= 4 is 0 Å². The quantitative estimate of drug-likeness (QED) is 0.708. The first-order chi connectivity index (χ1) is 6.25. The second-order valence-corrected chi connectivity index (χ2v) is 4.04. The van der Waals surface area contributed by atoms with Crippen LogP contribution in [0.4, 0.5) is 0 Å². The zero-order chi connectivity index (χ0) is 9.26. The summed E-state index contributed by atoms with van der Waals surface area (Å²) in [6.45, 7) is 5.38. The SMILES string of the molecule is Cc1cnn(C2CCC(C)NC2)c1. The highest BCUT2D eigenvalue weighted by molar-refractivity contribution is 5.01. The number of piperidine rings is 1. The Morgan fingerprint density at radius 1 is 1.54 bits per heavy atom. The zero-order valence-electron chi connectivity index (χ0n) is 8.33. The van der Waals surface area contributed by atoms with E-state index in [1.165, 1.54) is 18.4 Å². The maximum absolute atomic E-state index is 4.34. The molecule has 72 valence electrons. The second kappa shape index (κ2) is 3.50. The number of aryl methyl sites for hydroxylation is 1. The molecule has 2 heterocycles. The summed E-state index contributed by atoms with van der Waals surface area (Å²) < 4.78 is 2.09. The predicted molar refractivity (Wildman–Crippen MR) is 52.7 cm³/mol. The van der Waals surface area contributed by atoms with Gasteiger partial charge in [-0.1, -0.05) is 0 Å². The average molecular weight is 179 g/mol. The van der Waals surface area contributed by atoms with E-state index in [0.717, 1.165) is 6.54 Å². The molecule has 1 aromatic rings. The smallest absolute Gasteiger partial charge is 0.0644 e. The van der Waals surface area contributed by atoms with Crippen molar-refractivity contribution in [3.05, 3.63) is 18.0 Å². The molecule has 0 aliphatic carbocycles. The molecule has 13 heavy (non-hydrogen) atoms. The molecule has 0 aromatic carbocycles. The van der Waals surface area contributed by atoms with Crippen molar-refractivity contribution in [2.75, 3.05) is 6.54 Å². The van der Waals surface area contributed by atoms with E-state index in [1.54, 1.807) is 0 Å². The Labute approximate surface area is 79.1 Å². The van der Waals surface area contributed by atoms with Crippen LogP contribution >= 0.6 is 0 Å². The van der Waals surface area contributed by atoms with Gasteiger partial charge in [0.2, 0.25) is 0 Å². The van der Waals surface area contributed by atoms with Gasteiger partial charge in [-0.05, 0) is 32.3 Å². The van der Waals surface area contributed by atoms with Crippen molar-refractivity contribution < 1.29 is 0 Å². The van der Waals surface area contributed by atoms with Gasteiger partial charge in [-0.25, -0.2) is 0 Å². The highest BCUT2D eigenvalue weighted by atomic mass is 15.3. The van der Waals surface area contributed by atoms with Crippen LogP contribution in [0, 0.1) is 6.92 Å². The highest BCUT2D eigenvalue weighted by Crippen LogP contribution is 2.18. The van der Waals surface area contributed by atoms with Crippen molar-refractivity contribution in [2.24, 2.45) is 0 Å². The first kappa shape index (κ1) is 8.75. The number of nitrogens with one attached hydrogen (secondary N) is 1. The molecule has 1 aromatic heterocycles. The molecule has 1 fully saturated rings. The molecule has 3 heteroatoms. The molecule has 2 atom stereocenters. The normalized spacial score (nSPS) is 29.1. The Morgan fingerprint density at radius 2 is 2.38 bits per heavy atom. The molecule has 2 rings (SSSR count). The summed E-state index contributed by atoms with van der Waals surface area (Å²) >= 11 is 0. The van der Waals surface area contributed by atoms with Crippen LogP contribution in [0.5, 0.6) is 0 Å². The van der Waals surface area contributed by atoms with Gasteiger partial charge in [0.15, 0.2) is 0 Å². The standard InChI is InChI=1S/C10H17N3/c1-8-5-12-13(7-8)10-4-3-9(2)11-6-10/h5,7,9-11H,3-4,6H2,1-2H3. The van der Waals surface area contributed by atoms with Crippen molar-refractivity contribution in [1.82, 2.24) is 15.1 Å². The van der Waals surface area contributed by atoms with Crippen molar-refractivity contribution in [2.45, 2.75) is 38.8 Å². The van der Waals surface area contributed by atoms with E-state index in [0.29, 0.717) is 12.1 Å². The minimum Gasteiger partial charge on any atom is -0.312 e. The summed E-state index contributed by atoms with van der Waals surface area (Å²) in [5.41, 5.74) is 1.25. The zero-order valence-corrected chi connectivity index (χ0v) is 8.33. The van der Waals surface area contributed by atoms with Crippen LogP contribution in [0.25, 0.3) is 0 Å². The molecule has 3 nitrogen and oxygen atoms in total.